The molecule has 0 bridgehead atoms. The maximum absolute atomic E-state index is 13.0. The largest absolute Gasteiger partial charge is 0.466 e. The molecule has 2 aromatic carbocycles. The Labute approximate surface area is 247 Å². The summed E-state index contributed by atoms with van der Waals surface area (Å²) in [6.07, 6.45) is -4.78. The van der Waals surface area contributed by atoms with Crippen molar-refractivity contribution in [2.24, 2.45) is 5.92 Å². The number of nitrogens with one attached hydrogen (secondary N) is 1. The van der Waals surface area contributed by atoms with Crippen LogP contribution in [0.4, 0.5) is 4.79 Å². The zero-order valence-electron chi connectivity index (χ0n) is 24.7. The van der Waals surface area contributed by atoms with E-state index in [2.05, 4.69) is 5.32 Å². The van der Waals surface area contributed by atoms with E-state index in [-0.39, 0.29) is 32.7 Å². The highest BCUT2D eigenvalue weighted by Gasteiger charge is 2.61. The molecule has 0 spiro atoms. The topological polar surface area (TPSA) is 133 Å². The molecule has 2 fully saturated rings. The summed E-state index contributed by atoms with van der Waals surface area (Å²) in [5.74, 6) is -1.59. The lowest BCUT2D eigenvalue weighted by Gasteiger charge is -2.55. The van der Waals surface area contributed by atoms with Gasteiger partial charge < -0.3 is 39.2 Å². The van der Waals surface area contributed by atoms with Gasteiger partial charge in [-0.2, -0.15) is 0 Å². The lowest BCUT2D eigenvalue weighted by molar-refractivity contribution is -0.287. The van der Waals surface area contributed by atoms with E-state index in [1.54, 1.807) is 27.7 Å². The second kappa shape index (κ2) is 14.0. The highest BCUT2D eigenvalue weighted by atomic mass is 16.6. The molecule has 2 aliphatic rings. The van der Waals surface area contributed by atoms with Crippen LogP contribution in [0.3, 0.4) is 0 Å². The van der Waals surface area contributed by atoms with E-state index >= 15 is 0 Å². The van der Waals surface area contributed by atoms with E-state index in [1.165, 1.54) is 0 Å². The molecule has 4 rings (SSSR count). The Morgan fingerprint density at radius 2 is 1.64 bits per heavy atom. The van der Waals surface area contributed by atoms with Crippen molar-refractivity contribution in [3.63, 3.8) is 0 Å². The molecule has 0 aromatic heterocycles. The number of rotatable bonds is 10. The molecule has 1 amide bonds. The van der Waals surface area contributed by atoms with Gasteiger partial charge in [0.2, 0.25) is 0 Å². The zero-order valence-corrected chi connectivity index (χ0v) is 24.7. The average molecular weight is 586 g/mol. The van der Waals surface area contributed by atoms with Gasteiger partial charge in [-0.25, -0.2) is 4.79 Å². The van der Waals surface area contributed by atoms with Crippen molar-refractivity contribution in [1.29, 1.82) is 0 Å². The normalized spacial score (nSPS) is 29.3. The molecule has 1 saturated carbocycles. The van der Waals surface area contributed by atoms with Crippen molar-refractivity contribution < 1.29 is 43.5 Å². The number of fused-ring (bicyclic) bond motifs is 1. The fourth-order valence-corrected chi connectivity index (χ4v) is 5.56. The van der Waals surface area contributed by atoms with Crippen molar-refractivity contribution >= 4 is 12.1 Å². The molecule has 1 heterocycles. The van der Waals surface area contributed by atoms with Crippen LogP contribution in [0.2, 0.25) is 0 Å². The number of alkyl carbamates (subject to hydrolysis) is 1. The molecule has 1 aliphatic heterocycles. The summed E-state index contributed by atoms with van der Waals surface area (Å²) >= 11 is 0. The Morgan fingerprint density at radius 1 is 1.02 bits per heavy atom. The first-order chi connectivity index (χ1) is 20.0. The van der Waals surface area contributed by atoms with Gasteiger partial charge in [0.25, 0.3) is 0 Å². The first-order valence-corrected chi connectivity index (χ1v) is 14.5. The number of aliphatic hydroxyl groups is 2. The number of carbonyl (C=O) groups is 2. The SMILES string of the molecule is CCOC(=O)[C@@H]1C[C@H](O)[C@@]2(O)C[C@@H](OCc3ccccc3)[C@@H](COCc3ccccc3)O[C@H]2[C@H]1NC(=O)OC(C)(C)C. The van der Waals surface area contributed by atoms with E-state index in [1.807, 2.05) is 60.7 Å². The van der Waals surface area contributed by atoms with Crippen LogP contribution < -0.4 is 5.32 Å². The molecule has 1 aliphatic carbocycles. The average Bonchev–Trinajstić information content (AvgIpc) is 2.94. The maximum Gasteiger partial charge on any atom is 0.407 e. The lowest BCUT2D eigenvalue weighted by Crippen LogP contribution is -2.73. The van der Waals surface area contributed by atoms with Gasteiger partial charge in [0, 0.05) is 6.42 Å². The van der Waals surface area contributed by atoms with Crippen LogP contribution in [0, 0.1) is 5.92 Å². The Kier molecular flexibility index (Phi) is 10.6. The van der Waals surface area contributed by atoms with Crippen molar-refractivity contribution in [2.75, 3.05) is 13.2 Å². The fraction of sp³-hybridized carbons (Fsp3) is 0.562. The standard InChI is InChI=1S/C32H43NO9/c1-5-39-29(35)23-16-26(34)32(37)17-24(40-19-22-14-10-7-11-15-22)25(20-38-18-21-12-8-6-9-13-21)41-28(32)27(23)33-30(36)42-31(2,3)4/h6-15,23-28,34,37H,5,16-20H2,1-4H3,(H,33,36)/t23-,24-,25-,26+,27+,28+,32+/m1/s1. The minimum absolute atomic E-state index is 0.00687. The third-order valence-electron chi connectivity index (χ3n) is 7.54. The lowest BCUT2D eigenvalue weighted by atomic mass is 9.67. The molecular weight excluding hydrogens is 542 g/mol. The fourth-order valence-electron chi connectivity index (χ4n) is 5.56. The zero-order chi connectivity index (χ0) is 30.3. The highest BCUT2D eigenvalue weighted by Crippen LogP contribution is 2.44. The van der Waals surface area contributed by atoms with Crippen LogP contribution >= 0.6 is 0 Å². The summed E-state index contributed by atoms with van der Waals surface area (Å²) in [7, 11) is 0. The Balaban J connectivity index is 1.60. The predicted molar refractivity (Wildman–Crippen MR) is 153 cm³/mol. The Morgan fingerprint density at radius 3 is 2.24 bits per heavy atom. The Bertz CT molecular complexity index is 1160. The van der Waals surface area contributed by atoms with Gasteiger partial charge in [0.1, 0.15) is 23.4 Å². The first kappa shape index (κ1) is 31.9. The van der Waals surface area contributed by atoms with E-state index in [9.17, 15) is 19.8 Å². The van der Waals surface area contributed by atoms with Gasteiger partial charge in [0.15, 0.2) is 0 Å². The minimum atomic E-state index is -1.83. The van der Waals surface area contributed by atoms with Crippen LogP contribution in [-0.4, -0.2) is 77.1 Å². The van der Waals surface area contributed by atoms with Gasteiger partial charge in [-0.05, 0) is 45.2 Å². The molecule has 230 valence electrons. The van der Waals surface area contributed by atoms with Crippen molar-refractivity contribution in [3.05, 3.63) is 71.8 Å². The summed E-state index contributed by atoms with van der Waals surface area (Å²) in [6.45, 7) is 7.66. The van der Waals surface area contributed by atoms with E-state index < -0.39 is 59.6 Å². The summed E-state index contributed by atoms with van der Waals surface area (Å²) in [5, 5.41) is 25.9. The minimum Gasteiger partial charge on any atom is -0.466 e. The number of carbonyl (C=O) groups excluding carboxylic acids is 2. The summed E-state index contributed by atoms with van der Waals surface area (Å²) in [6, 6.07) is 18.2. The molecule has 7 atom stereocenters. The summed E-state index contributed by atoms with van der Waals surface area (Å²) in [5.41, 5.74) is -0.718. The Hall–Kier alpha value is -3.02. The van der Waals surface area contributed by atoms with E-state index in [4.69, 9.17) is 23.7 Å². The third kappa shape index (κ3) is 8.08. The molecule has 10 heteroatoms. The monoisotopic (exact) mass is 585 g/mol. The number of esters is 1. The van der Waals surface area contributed by atoms with Crippen LogP contribution in [-0.2, 0) is 41.7 Å². The second-order valence-electron chi connectivity index (χ2n) is 11.9. The number of hydrogen-bond donors (Lipinski definition) is 3. The summed E-state index contributed by atoms with van der Waals surface area (Å²) < 4.78 is 29.5. The number of aliphatic hydroxyl groups excluding tert-OH is 1. The van der Waals surface area contributed by atoms with Crippen LogP contribution in [0.15, 0.2) is 60.7 Å². The summed E-state index contributed by atoms with van der Waals surface area (Å²) in [4.78, 5) is 25.9. The van der Waals surface area contributed by atoms with Crippen molar-refractivity contribution in [3.8, 4) is 0 Å². The van der Waals surface area contributed by atoms with E-state index in [0.29, 0.717) is 6.61 Å². The maximum atomic E-state index is 13.0. The van der Waals surface area contributed by atoms with Crippen LogP contribution in [0.25, 0.3) is 0 Å². The smallest absolute Gasteiger partial charge is 0.407 e. The molecule has 0 unspecified atom stereocenters. The highest BCUT2D eigenvalue weighted by molar-refractivity contribution is 5.76. The molecule has 42 heavy (non-hydrogen) atoms. The molecule has 3 N–H and O–H groups in total. The van der Waals surface area contributed by atoms with Gasteiger partial charge in [-0.15, -0.1) is 0 Å². The molecular formula is C32H43NO9. The molecule has 2 aromatic rings. The number of benzene rings is 2. The van der Waals surface area contributed by atoms with Gasteiger partial charge in [-0.1, -0.05) is 60.7 Å². The van der Waals surface area contributed by atoms with E-state index in [0.717, 1.165) is 11.1 Å². The number of hydrogen-bond acceptors (Lipinski definition) is 9. The number of amides is 1. The molecule has 0 radical (unpaired) electrons. The van der Waals surface area contributed by atoms with Crippen molar-refractivity contribution in [2.45, 2.75) is 95.4 Å². The predicted octanol–water partition coefficient (Wildman–Crippen LogP) is 3.51. The third-order valence-corrected chi connectivity index (χ3v) is 7.54. The van der Waals surface area contributed by atoms with Gasteiger partial charge >= 0.3 is 12.1 Å². The second-order valence-corrected chi connectivity index (χ2v) is 11.9. The quantitative estimate of drug-likeness (QED) is 0.358. The molecule has 10 nitrogen and oxygen atoms in total. The van der Waals surface area contributed by atoms with Gasteiger partial charge in [-0.3, -0.25) is 4.79 Å². The first-order valence-electron chi connectivity index (χ1n) is 14.5. The number of ether oxygens (including phenoxy) is 5. The van der Waals surface area contributed by atoms with Gasteiger partial charge in [0.05, 0.1) is 50.6 Å². The van der Waals surface area contributed by atoms with Crippen LogP contribution in [0.5, 0.6) is 0 Å². The van der Waals surface area contributed by atoms with Crippen molar-refractivity contribution in [1.82, 2.24) is 5.32 Å². The van der Waals surface area contributed by atoms with Crippen LogP contribution in [0.1, 0.15) is 51.7 Å². The molecule has 1 saturated heterocycles.